The lowest BCUT2D eigenvalue weighted by atomic mass is 10.1. The molecule has 0 aliphatic carbocycles. The zero-order valence-electron chi connectivity index (χ0n) is 12.2. The number of halogens is 1. The van der Waals surface area contributed by atoms with Crippen molar-refractivity contribution >= 4 is 23.4 Å². The monoisotopic (exact) mass is 336 g/mol. The topological polar surface area (TPSA) is 129 Å². The van der Waals surface area contributed by atoms with Gasteiger partial charge >= 0.3 is 0 Å². The summed E-state index contributed by atoms with van der Waals surface area (Å²) in [7, 11) is 1.33. The average molecular weight is 337 g/mol. The van der Waals surface area contributed by atoms with Crippen molar-refractivity contribution in [1.82, 2.24) is 4.90 Å². The quantitative estimate of drug-likeness (QED) is 0.729. The Morgan fingerprint density at radius 3 is 2.39 bits per heavy atom. The van der Waals surface area contributed by atoms with Gasteiger partial charge in [0.15, 0.2) is 18.1 Å². The number of hydrogen-bond donors (Lipinski definition) is 1. The van der Waals surface area contributed by atoms with E-state index in [4.69, 9.17) is 37.3 Å². The van der Waals surface area contributed by atoms with E-state index in [1.165, 1.54) is 19.2 Å². The fourth-order valence-electron chi connectivity index (χ4n) is 1.68. The van der Waals surface area contributed by atoms with Crippen molar-refractivity contribution in [2.75, 3.05) is 26.8 Å². The molecule has 0 heterocycles. The summed E-state index contributed by atoms with van der Waals surface area (Å²) in [6.07, 6.45) is 0. The van der Waals surface area contributed by atoms with Crippen molar-refractivity contribution in [2.45, 2.75) is 0 Å². The van der Waals surface area contributed by atoms with Crippen molar-refractivity contribution < 1.29 is 19.1 Å². The Labute approximate surface area is 137 Å². The molecule has 0 unspecified atom stereocenters. The van der Waals surface area contributed by atoms with Crippen LogP contribution >= 0.6 is 11.6 Å². The molecule has 0 aromatic heterocycles. The third-order valence-corrected chi connectivity index (χ3v) is 2.93. The molecule has 9 heteroatoms. The molecule has 0 fully saturated rings. The van der Waals surface area contributed by atoms with Crippen molar-refractivity contribution in [3.63, 3.8) is 0 Å². The second-order valence-corrected chi connectivity index (χ2v) is 4.63. The van der Waals surface area contributed by atoms with Gasteiger partial charge in [0.05, 0.1) is 24.3 Å². The number of nitrogens with two attached hydrogens (primary N) is 1. The molecule has 8 nitrogen and oxygen atoms in total. The van der Waals surface area contributed by atoms with Gasteiger partial charge in [-0.15, -0.1) is 0 Å². The van der Waals surface area contributed by atoms with Crippen LogP contribution in [0.5, 0.6) is 11.5 Å². The normalized spacial score (nSPS) is 9.39. The van der Waals surface area contributed by atoms with E-state index in [0.717, 1.165) is 4.90 Å². The Balaban J connectivity index is 3.17. The van der Waals surface area contributed by atoms with E-state index in [1.54, 1.807) is 12.1 Å². The molecule has 0 spiro atoms. The van der Waals surface area contributed by atoms with Crippen LogP contribution in [-0.4, -0.2) is 43.5 Å². The number of rotatable bonds is 7. The third kappa shape index (κ3) is 4.77. The lowest BCUT2D eigenvalue weighted by molar-refractivity contribution is -0.119. The van der Waals surface area contributed by atoms with E-state index in [-0.39, 0.29) is 35.2 Å². The van der Waals surface area contributed by atoms with Crippen molar-refractivity contribution in [1.29, 1.82) is 10.5 Å². The number of primary amides is 1. The first-order valence-electron chi connectivity index (χ1n) is 6.26. The van der Waals surface area contributed by atoms with Crippen LogP contribution in [0.3, 0.4) is 0 Å². The van der Waals surface area contributed by atoms with Gasteiger partial charge in [0.2, 0.25) is 0 Å². The van der Waals surface area contributed by atoms with Gasteiger partial charge in [0, 0.05) is 5.56 Å². The van der Waals surface area contributed by atoms with Crippen LogP contribution in [0.25, 0.3) is 0 Å². The zero-order valence-corrected chi connectivity index (χ0v) is 13.0. The Morgan fingerprint density at radius 2 is 1.91 bits per heavy atom. The SMILES string of the molecule is COc1cc(C(=O)N(CC#N)CC#N)cc(Cl)c1OCC(N)=O. The molecule has 2 amide bonds. The van der Waals surface area contributed by atoms with Gasteiger partial charge in [-0.1, -0.05) is 11.6 Å². The fraction of sp³-hybridized carbons (Fsp3) is 0.286. The molecule has 1 rings (SSSR count). The summed E-state index contributed by atoms with van der Waals surface area (Å²) in [5, 5.41) is 17.5. The first-order valence-corrected chi connectivity index (χ1v) is 6.64. The first-order chi connectivity index (χ1) is 10.9. The zero-order chi connectivity index (χ0) is 17.4. The summed E-state index contributed by atoms with van der Waals surface area (Å²) >= 11 is 6.04. The lowest BCUT2D eigenvalue weighted by Gasteiger charge is -2.18. The van der Waals surface area contributed by atoms with Crippen LogP contribution in [-0.2, 0) is 4.79 Å². The van der Waals surface area contributed by atoms with Gasteiger partial charge < -0.3 is 20.1 Å². The summed E-state index contributed by atoms with van der Waals surface area (Å²) in [5.41, 5.74) is 5.11. The van der Waals surface area contributed by atoms with E-state index >= 15 is 0 Å². The van der Waals surface area contributed by atoms with Crippen LogP contribution in [0.2, 0.25) is 5.02 Å². The molecule has 0 radical (unpaired) electrons. The smallest absolute Gasteiger partial charge is 0.255 e. The van der Waals surface area contributed by atoms with Gasteiger partial charge in [0.1, 0.15) is 13.1 Å². The number of amides is 2. The summed E-state index contributed by atoms with van der Waals surface area (Å²) in [6, 6.07) is 6.24. The van der Waals surface area contributed by atoms with Crippen LogP contribution in [0.15, 0.2) is 12.1 Å². The van der Waals surface area contributed by atoms with Crippen molar-refractivity contribution in [3.05, 3.63) is 22.7 Å². The molecule has 23 heavy (non-hydrogen) atoms. The standard InChI is InChI=1S/C14H13ClN4O4/c1-22-11-7-9(14(21)19(4-2-16)5-3-17)6-10(15)13(11)23-8-12(18)20/h6-7H,4-5,8H2,1H3,(H2,18,20). The van der Waals surface area contributed by atoms with Gasteiger partial charge in [0.25, 0.3) is 11.8 Å². The van der Waals surface area contributed by atoms with Crippen molar-refractivity contribution in [3.8, 4) is 23.6 Å². The summed E-state index contributed by atoms with van der Waals surface area (Å²) in [5.74, 6) is -1.07. The highest BCUT2D eigenvalue weighted by molar-refractivity contribution is 6.32. The van der Waals surface area contributed by atoms with Crippen LogP contribution in [0.4, 0.5) is 0 Å². The highest BCUT2D eigenvalue weighted by Crippen LogP contribution is 2.36. The number of benzene rings is 1. The summed E-state index contributed by atoms with van der Waals surface area (Å²) in [6.45, 7) is -0.892. The second kappa shape index (κ2) is 8.47. The molecule has 2 N–H and O–H groups in total. The van der Waals surface area contributed by atoms with E-state index in [9.17, 15) is 9.59 Å². The van der Waals surface area contributed by atoms with E-state index in [0.29, 0.717) is 0 Å². The van der Waals surface area contributed by atoms with Crippen LogP contribution in [0, 0.1) is 22.7 Å². The summed E-state index contributed by atoms with van der Waals surface area (Å²) in [4.78, 5) is 24.2. The number of nitrogens with zero attached hydrogens (tertiary/aromatic N) is 3. The Hall–Kier alpha value is -2.97. The lowest BCUT2D eigenvalue weighted by Crippen LogP contribution is -2.31. The number of hydrogen-bond acceptors (Lipinski definition) is 6. The first kappa shape index (κ1) is 18.1. The molecular weight excluding hydrogens is 324 g/mol. The molecule has 1 aromatic carbocycles. The van der Waals surface area contributed by atoms with E-state index < -0.39 is 18.4 Å². The van der Waals surface area contributed by atoms with E-state index in [1.807, 2.05) is 0 Å². The molecule has 0 aliphatic heterocycles. The third-order valence-electron chi connectivity index (χ3n) is 2.65. The fourth-order valence-corrected chi connectivity index (χ4v) is 1.94. The molecule has 0 atom stereocenters. The maximum Gasteiger partial charge on any atom is 0.255 e. The molecule has 0 saturated heterocycles. The molecule has 0 bridgehead atoms. The van der Waals surface area contributed by atoms with Crippen LogP contribution < -0.4 is 15.2 Å². The average Bonchev–Trinajstić information content (AvgIpc) is 2.51. The number of ether oxygens (including phenoxy) is 2. The molecule has 1 aromatic rings. The van der Waals surface area contributed by atoms with Crippen molar-refractivity contribution in [2.24, 2.45) is 5.73 Å². The minimum Gasteiger partial charge on any atom is -0.493 e. The Kier molecular flexibility index (Phi) is 6.66. The van der Waals surface area contributed by atoms with Crippen LogP contribution in [0.1, 0.15) is 10.4 Å². The largest absolute Gasteiger partial charge is 0.493 e. The number of nitriles is 2. The Bertz CT molecular complexity index is 677. The Morgan fingerprint density at radius 1 is 1.30 bits per heavy atom. The number of carbonyl (C=O) groups is 2. The van der Waals surface area contributed by atoms with Gasteiger partial charge in [-0.25, -0.2) is 0 Å². The van der Waals surface area contributed by atoms with Gasteiger partial charge in [-0.2, -0.15) is 10.5 Å². The predicted molar refractivity (Wildman–Crippen MR) is 79.8 cm³/mol. The predicted octanol–water partition coefficient (Wildman–Crippen LogP) is 0.702. The highest BCUT2D eigenvalue weighted by atomic mass is 35.5. The maximum atomic E-state index is 12.3. The minimum atomic E-state index is -0.697. The number of carbonyl (C=O) groups excluding carboxylic acids is 2. The minimum absolute atomic E-state index is 0.0304. The van der Waals surface area contributed by atoms with Gasteiger partial charge in [-0.3, -0.25) is 9.59 Å². The number of methoxy groups -OCH3 is 1. The summed E-state index contributed by atoms with van der Waals surface area (Å²) < 4.78 is 10.2. The maximum absolute atomic E-state index is 12.3. The van der Waals surface area contributed by atoms with E-state index in [2.05, 4.69) is 0 Å². The highest BCUT2D eigenvalue weighted by Gasteiger charge is 2.20. The molecule has 120 valence electrons. The molecule has 0 saturated carbocycles. The molecule has 0 aliphatic rings. The molecular formula is C14H13ClN4O4. The van der Waals surface area contributed by atoms with Gasteiger partial charge in [-0.05, 0) is 12.1 Å². The second-order valence-electron chi connectivity index (χ2n) is 4.22.